The lowest BCUT2D eigenvalue weighted by Gasteiger charge is -2.27. The monoisotopic (exact) mass is 346 g/mol. The van der Waals surface area contributed by atoms with Gasteiger partial charge in [0.1, 0.15) is 17.1 Å². The number of likely N-dealkylation sites (tertiary alicyclic amines) is 1. The third-order valence-electron chi connectivity index (χ3n) is 5.25. The van der Waals surface area contributed by atoms with E-state index >= 15 is 0 Å². The number of aryl methyl sites for hydroxylation is 2. The predicted octanol–water partition coefficient (Wildman–Crippen LogP) is 1.16. The standard InChI is InChI=1S/C17H22N4O4/c1-11-3-14(20-24-11)6-21-5-13-7-23-10-17(13,9-21)8-18-16(22)15-4-19-25-12(15)2/h3-4,13H,5-10H2,1-2H3,(H,18,22)/t13-,17+/m0/s1. The molecular weight excluding hydrogens is 324 g/mol. The van der Waals surface area contributed by atoms with Crippen molar-refractivity contribution in [2.45, 2.75) is 20.4 Å². The third kappa shape index (κ3) is 3.07. The second kappa shape index (κ2) is 6.27. The maximum absolute atomic E-state index is 12.4. The van der Waals surface area contributed by atoms with Crippen LogP contribution in [0.1, 0.15) is 27.6 Å². The molecule has 2 saturated heterocycles. The van der Waals surface area contributed by atoms with Crippen LogP contribution in [0.4, 0.5) is 0 Å². The number of hydrogen-bond donors (Lipinski definition) is 1. The Balaban J connectivity index is 1.41. The van der Waals surface area contributed by atoms with Crippen molar-refractivity contribution < 1.29 is 18.6 Å². The molecule has 1 N–H and O–H groups in total. The number of carbonyl (C=O) groups excluding carboxylic acids is 1. The van der Waals surface area contributed by atoms with Gasteiger partial charge in [-0.05, 0) is 13.8 Å². The zero-order valence-electron chi connectivity index (χ0n) is 14.4. The molecule has 0 bridgehead atoms. The summed E-state index contributed by atoms with van der Waals surface area (Å²) in [7, 11) is 0. The van der Waals surface area contributed by atoms with E-state index in [1.807, 2.05) is 13.0 Å². The minimum atomic E-state index is -0.149. The van der Waals surface area contributed by atoms with Crippen molar-refractivity contribution in [3.8, 4) is 0 Å². The number of carbonyl (C=O) groups is 1. The topological polar surface area (TPSA) is 93.6 Å². The quantitative estimate of drug-likeness (QED) is 0.868. The van der Waals surface area contributed by atoms with Crippen LogP contribution in [-0.2, 0) is 11.3 Å². The average molecular weight is 346 g/mol. The number of nitrogens with zero attached hydrogens (tertiary/aromatic N) is 3. The van der Waals surface area contributed by atoms with Crippen LogP contribution in [0.25, 0.3) is 0 Å². The third-order valence-corrected chi connectivity index (χ3v) is 5.25. The van der Waals surface area contributed by atoms with Crippen LogP contribution < -0.4 is 5.32 Å². The fourth-order valence-corrected chi connectivity index (χ4v) is 3.90. The summed E-state index contributed by atoms with van der Waals surface area (Å²) in [5.41, 5.74) is 1.37. The minimum absolute atomic E-state index is 0.0560. The Morgan fingerprint density at radius 3 is 3.04 bits per heavy atom. The summed E-state index contributed by atoms with van der Waals surface area (Å²) in [6, 6.07) is 1.97. The van der Waals surface area contributed by atoms with Crippen molar-refractivity contribution in [3.63, 3.8) is 0 Å². The fraction of sp³-hybridized carbons (Fsp3) is 0.588. The molecule has 0 aromatic carbocycles. The molecule has 2 atom stereocenters. The summed E-state index contributed by atoms with van der Waals surface area (Å²) in [5, 5.41) is 10.8. The van der Waals surface area contributed by atoms with Gasteiger partial charge < -0.3 is 19.1 Å². The summed E-state index contributed by atoms with van der Waals surface area (Å²) >= 11 is 0. The Hall–Kier alpha value is -2.19. The number of nitrogens with one attached hydrogen (secondary N) is 1. The van der Waals surface area contributed by atoms with Gasteiger partial charge in [-0.15, -0.1) is 0 Å². The second-order valence-corrected chi connectivity index (χ2v) is 7.15. The first-order chi connectivity index (χ1) is 12.1. The van der Waals surface area contributed by atoms with Gasteiger partial charge in [-0.2, -0.15) is 0 Å². The van der Waals surface area contributed by atoms with E-state index in [0.29, 0.717) is 30.4 Å². The highest BCUT2D eigenvalue weighted by molar-refractivity contribution is 5.94. The Morgan fingerprint density at radius 1 is 1.44 bits per heavy atom. The van der Waals surface area contributed by atoms with Crippen molar-refractivity contribution in [1.29, 1.82) is 0 Å². The molecule has 0 unspecified atom stereocenters. The minimum Gasteiger partial charge on any atom is -0.380 e. The summed E-state index contributed by atoms with van der Waals surface area (Å²) in [4.78, 5) is 14.7. The zero-order valence-corrected chi connectivity index (χ0v) is 14.4. The van der Waals surface area contributed by atoms with Gasteiger partial charge in [-0.3, -0.25) is 9.69 Å². The first-order valence-electron chi connectivity index (χ1n) is 8.47. The van der Waals surface area contributed by atoms with Crippen LogP contribution >= 0.6 is 0 Å². The lowest BCUT2D eigenvalue weighted by Crippen LogP contribution is -2.43. The molecule has 0 aliphatic carbocycles. The number of rotatable bonds is 5. The van der Waals surface area contributed by atoms with Crippen LogP contribution in [0.3, 0.4) is 0 Å². The van der Waals surface area contributed by atoms with E-state index in [1.165, 1.54) is 6.20 Å². The van der Waals surface area contributed by atoms with Crippen LogP contribution in [0, 0.1) is 25.2 Å². The molecule has 2 aliphatic rings. The van der Waals surface area contributed by atoms with Crippen molar-refractivity contribution in [2.24, 2.45) is 11.3 Å². The van der Waals surface area contributed by atoms with Crippen LogP contribution in [-0.4, -0.2) is 54.0 Å². The smallest absolute Gasteiger partial charge is 0.256 e. The summed E-state index contributed by atoms with van der Waals surface area (Å²) in [6.45, 7) is 8.17. The van der Waals surface area contributed by atoms with Crippen LogP contribution in [0.2, 0.25) is 0 Å². The van der Waals surface area contributed by atoms with Gasteiger partial charge in [0.2, 0.25) is 0 Å². The zero-order chi connectivity index (χ0) is 17.4. The van der Waals surface area contributed by atoms with E-state index < -0.39 is 0 Å². The van der Waals surface area contributed by atoms with Crippen molar-refractivity contribution in [2.75, 3.05) is 32.8 Å². The second-order valence-electron chi connectivity index (χ2n) is 7.15. The first-order valence-corrected chi connectivity index (χ1v) is 8.47. The molecule has 2 fully saturated rings. The normalized spacial score (nSPS) is 26.1. The van der Waals surface area contributed by atoms with E-state index in [1.54, 1.807) is 6.92 Å². The van der Waals surface area contributed by atoms with Crippen molar-refractivity contribution in [3.05, 3.63) is 35.0 Å². The first kappa shape index (κ1) is 16.3. The van der Waals surface area contributed by atoms with Gasteiger partial charge in [0.15, 0.2) is 0 Å². The predicted molar refractivity (Wildman–Crippen MR) is 86.8 cm³/mol. The molecule has 134 valence electrons. The maximum Gasteiger partial charge on any atom is 0.256 e. The lowest BCUT2D eigenvalue weighted by atomic mass is 9.81. The van der Waals surface area contributed by atoms with E-state index in [0.717, 1.165) is 37.7 Å². The molecule has 0 saturated carbocycles. The number of aromatic nitrogens is 2. The molecule has 2 aromatic heterocycles. The van der Waals surface area contributed by atoms with Gasteiger partial charge in [-0.25, -0.2) is 0 Å². The lowest BCUT2D eigenvalue weighted by molar-refractivity contribution is 0.0902. The van der Waals surface area contributed by atoms with Gasteiger partial charge >= 0.3 is 0 Å². The maximum atomic E-state index is 12.4. The Kier molecular flexibility index (Phi) is 4.09. The number of fused-ring (bicyclic) bond motifs is 1. The van der Waals surface area contributed by atoms with Gasteiger partial charge in [0, 0.05) is 43.6 Å². The van der Waals surface area contributed by atoms with Gasteiger partial charge in [-0.1, -0.05) is 10.3 Å². The molecule has 0 radical (unpaired) electrons. The summed E-state index contributed by atoms with van der Waals surface area (Å²) in [5.74, 6) is 1.61. The van der Waals surface area contributed by atoms with E-state index in [2.05, 4.69) is 20.5 Å². The largest absolute Gasteiger partial charge is 0.380 e. The molecule has 4 heterocycles. The van der Waals surface area contributed by atoms with Crippen molar-refractivity contribution in [1.82, 2.24) is 20.5 Å². The molecule has 4 rings (SSSR count). The molecule has 1 amide bonds. The molecule has 2 aromatic rings. The molecule has 2 aliphatic heterocycles. The number of ether oxygens (including phenoxy) is 1. The molecule has 0 spiro atoms. The summed E-state index contributed by atoms with van der Waals surface area (Å²) in [6.07, 6.45) is 1.46. The highest BCUT2D eigenvalue weighted by atomic mass is 16.5. The summed E-state index contributed by atoms with van der Waals surface area (Å²) < 4.78 is 15.8. The SMILES string of the molecule is Cc1cc(CN2C[C@H]3COC[C@@]3(CNC(=O)c3cnoc3C)C2)no1. The molecule has 8 heteroatoms. The molecular formula is C17H22N4O4. The number of hydrogen-bond acceptors (Lipinski definition) is 7. The Labute approximate surface area is 145 Å². The fourth-order valence-electron chi connectivity index (χ4n) is 3.90. The van der Waals surface area contributed by atoms with Gasteiger partial charge in [0.05, 0.1) is 25.1 Å². The Morgan fingerprint density at radius 2 is 2.32 bits per heavy atom. The highest BCUT2D eigenvalue weighted by Gasteiger charge is 2.50. The van der Waals surface area contributed by atoms with E-state index in [4.69, 9.17) is 13.8 Å². The average Bonchev–Trinajstić information content (AvgIpc) is 3.30. The van der Waals surface area contributed by atoms with Crippen LogP contribution in [0.5, 0.6) is 0 Å². The van der Waals surface area contributed by atoms with E-state index in [9.17, 15) is 4.79 Å². The van der Waals surface area contributed by atoms with Gasteiger partial charge in [0.25, 0.3) is 5.91 Å². The van der Waals surface area contributed by atoms with Crippen molar-refractivity contribution >= 4 is 5.91 Å². The highest BCUT2D eigenvalue weighted by Crippen LogP contribution is 2.41. The Bertz CT molecular complexity index is 770. The molecule has 8 nitrogen and oxygen atoms in total. The number of amides is 1. The molecule has 25 heavy (non-hydrogen) atoms. The van der Waals surface area contributed by atoms with Crippen LogP contribution in [0.15, 0.2) is 21.3 Å². The van der Waals surface area contributed by atoms with E-state index in [-0.39, 0.29) is 11.3 Å².